The zero-order valence-electron chi connectivity index (χ0n) is 8.58. The number of hydrogen-bond donors (Lipinski definition) is 1. The Morgan fingerprint density at radius 3 is 2.69 bits per heavy atom. The molecule has 1 unspecified atom stereocenters. The van der Waals surface area contributed by atoms with Gasteiger partial charge in [-0.25, -0.2) is 4.39 Å². The molecule has 1 aromatic carbocycles. The quantitative estimate of drug-likeness (QED) is 0.887. The van der Waals surface area contributed by atoms with Gasteiger partial charge in [-0.2, -0.15) is 0 Å². The number of benzene rings is 1. The fourth-order valence-electron chi connectivity index (χ4n) is 1.49. The summed E-state index contributed by atoms with van der Waals surface area (Å²) in [6, 6.07) is 6.56. The highest BCUT2D eigenvalue weighted by Gasteiger charge is 2.15. The van der Waals surface area contributed by atoms with Crippen LogP contribution >= 0.6 is 27.3 Å². The highest BCUT2D eigenvalue weighted by Crippen LogP contribution is 2.33. The van der Waals surface area contributed by atoms with Gasteiger partial charge in [-0.15, -0.1) is 11.3 Å². The van der Waals surface area contributed by atoms with E-state index in [1.165, 1.54) is 17.4 Å². The summed E-state index contributed by atoms with van der Waals surface area (Å²) < 4.78 is 14.0. The molecule has 0 saturated carbocycles. The highest BCUT2D eigenvalue weighted by atomic mass is 79.9. The van der Waals surface area contributed by atoms with Crippen molar-refractivity contribution in [2.45, 2.75) is 13.0 Å². The van der Waals surface area contributed by atoms with Gasteiger partial charge in [0.25, 0.3) is 0 Å². The molecule has 4 heteroatoms. The number of hydrogen-bond acceptors (Lipinski definition) is 2. The molecule has 1 N–H and O–H groups in total. The van der Waals surface area contributed by atoms with Crippen molar-refractivity contribution in [1.29, 1.82) is 0 Å². The van der Waals surface area contributed by atoms with Crippen LogP contribution in [-0.4, -0.2) is 5.11 Å². The maximum atomic E-state index is 13.1. The third kappa shape index (κ3) is 2.19. The van der Waals surface area contributed by atoms with Crippen LogP contribution in [0.5, 0.6) is 0 Å². The molecule has 0 bridgehead atoms. The predicted molar refractivity (Wildman–Crippen MR) is 67.2 cm³/mol. The average molecular weight is 301 g/mol. The van der Waals surface area contributed by atoms with Crippen LogP contribution in [0.2, 0.25) is 0 Å². The summed E-state index contributed by atoms with van der Waals surface area (Å²) in [7, 11) is 0. The van der Waals surface area contributed by atoms with E-state index in [4.69, 9.17) is 0 Å². The molecule has 0 amide bonds. The highest BCUT2D eigenvalue weighted by molar-refractivity contribution is 9.10. The number of aliphatic hydroxyl groups excluding tert-OH is 1. The van der Waals surface area contributed by atoms with E-state index in [1.807, 2.05) is 11.4 Å². The van der Waals surface area contributed by atoms with Crippen molar-refractivity contribution in [3.05, 3.63) is 55.9 Å². The Bertz CT molecular complexity index is 509. The van der Waals surface area contributed by atoms with Crippen LogP contribution in [0, 0.1) is 12.7 Å². The zero-order chi connectivity index (χ0) is 11.7. The Balaban J connectivity index is 2.38. The zero-order valence-corrected chi connectivity index (χ0v) is 11.0. The molecular formula is C12H10BrFOS. The lowest BCUT2D eigenvalue weighted by Gasteiger charge is -2.11. The van der Waals surface area contributed by atoms with Gasteiger partial charge in [-0.1, -0.05) is 12.1 Å². The SMILES string of the molecule is Cc1cc(C(O)c2sccc2Br)ccc1F. The van der Waals surface area contributed by atoms with Gasteiger partial charge in [0.1, 0.15) is 11.9 Å². The number of thiophene rings is 1. The van der Waals surface area contributed by atoms with Crippen LogP contribution in [-0.2, 0) is 0 Å². The lowest BCUT2D eigenvalue weighted by atomic mass is 10.1. The molecule has 0 aliphatic carbocycles. The minimum atomic E-state index is -0.700. The van der Waals surface area contributed by atoms with Crippen molar-refractivity contribution in [2.75, 3.05) is 0 Å². The van der Waals surface area contributed by atoms with Crippen LogP contribution in [0.3, 0.4) is 0 Å². The van der Waals surface area contributed by atoms with E-state index in [-0.39, 0.29) is 5.82 Å². The van der Waals surface area contributed by atoms with E-state index in [1.54, 1.807) is 19.1 Å². The van der Waals surface area contributed by atoms with Gasteiger partial charge in [0.15, 0.2) is 0 Å². The summed E-state index contributed by atoms with van der Waals surface area (Å²) >= 11 is 4.85. The number of aryl methyl sites for hydroxylation is 1. The monoisotopic (exact) mass is 300 g/mol. The van der Waals surface area contributed by atoms with Crippen molar-refractivity contribution in [3.63, 3.8) is 0 Å². The van der Waals surface area contributed by atoms with Crippen LogP contribution in [0.25, 0.3) is 0 Å². The second-order valence-corrected chi connectivity index (χ2v) is 5.35. The van der Waals surface area contributed by atoms with Crippen molar-refractivity contribution in [3.8, 4) is 0 Å². The molecule has 16 heavy (non-hydrogen) atoms. The molecule has 84 valence electrons. The lowest BCUT2D eigenvalue weighted by molar-refractivity contribution is 0.223. The smallest absolute Gasteiger partial charge is 0.126 e. The van der Waals surface area contributed by atoms with Crippen LogP contribution in [0.1, 0.15) is 22.1 Å². The van der Waals surface area contributed by atoms with E-state index in [9.17, 15) is 9.50 Å². The maximum absolute atomic E-state index is 13.1. The van der Waals surface area contributed by atoms with Gasteiger partial charge in [0.05, 0.1) is 4.88 Å². The number of aliphatic hydroxyl groups is 1. The molecule has 0 spiro atoms. The standard InChI is InChI=1S/C12H10BrFOS/c1-7-6-8(2-3-10(7)14)11(15)12-9(13)4-5-16-12/h2-6,11,15H,1H3. The maximum Gasteiger partial charge on any atom is 0.126 e. The molecule has 0 radical (unpaired) electrons. The topological polar surface area (TPSA) is 20.2 Å². The summed E-state index contributed by atoms with van der Waals surface area (Å²) in [5.41, 5.74) is 1.26. The molecule has 1 atom stereocenters. The number of rotatable bonds is 2. The molecular weight excluding hydrogens is 291 g/mol. The van der Waals surface area contributed by atoms with E-state index < -0.39 is 6.10 Å². The van der Waals surface area contributed by atoms with E-state index in [2.05, 4.69) is 15.9 Å². The summed E-state index contributed by atoms with van der Waals surface area (Å²) in [5, 5.41) is 12.0. The van der Waals surface area contributed by atoms with Crippen molar-refractivity contribution in [2.24, 2.45) is 0 Å². The van der Waals surface area contributed by atoms with Crippen LogP contribution in [0.4, 0.5) is 4.39 Å². The normalized spacial score (nSPS) is 12.8. The van der Waals surface area contributed by atoms with E-state index in [0.717, 1.165) is 9.35 Å². The molecule has 0 aliphatic rings. The van der Waals surface area contributed by atoms with Gasteiger partial charge < -0.3 is 5.11 Å². The summed E-state index contributed by atoms with van der Waals surface area (Å²) in [6.07, 6.45) is -0.700. The number of halogens is 2. The Morgan fingerprint density at radius 1 is 1.38 bits per heavy atom. The molecule has 1 aromatic heterocycles. The molecule has 0 fully saturated rings. The van der Waals surface area contributed by atoms with Crippen LogP contribution in [0.15, 0.2) is 34.1 Å². The van der Waals surface area contributed by atoms with Gasteiger partial charge >= 0.3 is 0 Å². The summed E-state index contributed by atoms with van der Waals surface area (Å²) in [4.78, 5) is 0.839. The molecule has 0 saturated heterocycles. The first-order valence-electron chi connectivity index (χ1n) is 4.76. The molecule has 2 rings (SSSR count). The van der Waals surface area contributed by atoms with Gasteiger partial charge in [-0.05, 0) is 51.5 Å². The first-order chi connectivity index (χ1) is 7.59. The molecule has 1 nitrogen and oxygen atoms in total. The summed E-state index contributed by atoms with van der Waals surface area (Å²) in [6.45, 7) is 1.69. The fraction of sp³-hybridized carbons (Fsp3) is 0.167. The minimum absolute atomic E-state index is 0.249. The van der Waals surface area contributed by atoms with Gasteiger partial charge in [-0.3, -0.25) is 0 Å². The largest absolute Gasteiger partial charge is 0.383 e. The van der Waals surface area contributed by atoms with Gasteiger partial charge in [0.2, 0.25) is 0 Å². The van der Waals surface area contributed by atoms with E-state index in [0.29, 0.717) is 11.1 Å². The first kappa shape index (κ1) is 11.8. The Kier molecular flexibility index (Phi) is 3.42. The summed E-state index contributed by atoms with van der Waals surface area (Å²) in [5.74, 6) is -0.249. The first-order valence-corrected chi connectivity index (χ1v) is 6.44. The van der Waals surface area contributed by atoms with E-state index >= 15 is 0 Å². The Hall–Kier alpha value is -0.710. The van der Waals surface area contributed by atoms with Crippen LogP contribution < -0.4 is 0 Å². The second-order valence-electron chi connectivity index (χ2n) is 3.54. The molecule has 0 aliphatic heterocycles. The van der Waals surface area contributed by atoms with Crippen molar-refractivity contribution >= 4 is 27.3 Å². The molecule has 2 aromatic rings. The lowest BCUT2D eigenvalue weighted by Crippen LogP contribution is -1.99. The predicted octanol–water partition coefficient (Wildman–Crippen LogP) is 4.04. The third-order valence-corrected chi connectivity index (χ3v) is 4.31. The Labute approximate surface area is 106 Å². The van der Waals surface area contributed by atoms with Crippen molar-refractivity contribution < 1.29 is 9.50 Å². The third-order valence-electron chi connectivity index (χ3n) is 2.39. The second kappa shape index (κ2) is 4.65. The Morgan fingerprint density at radius 2 is 2.12 bits per heavy atom. The minimum Gasteiger partial charge on any atom is -0.383 e. The van der Waals surface area contributed by atoms with Gasteiger partial charge in [0, 0.05) is 4.47 Å². The fourth-order valence-corrected chi connectivity index (χ4v) is 3.09. The van der Waals surface area contributed by atoms with Crippen molar-refractivity contribution in [1.82, 2.24) is 0 Å². The average Bonchev–Trinajstić information content (AvgIpc) is 2.67. The molecule has 1 heterocycles.